The molecule has 0 radical (unpaired) electrons. The van der Waals surface area contributed by atoms with Crippen molar-refractivity contribution < 1.29 is 5.11 Å². The minimum absolute atomic E-state index is 0.375. The van der Waals surface area contributed by atoms with Crippen molar-refractivity contribution in [3.05, 3.63) is 76.4 Å². The Balaban J connectivity index is 1.85. The molecule has 0 aromatic heterocycles. The molecular weight excluding hydrogens is 292 g/mol. The standard InChI is InChI=1S/C23H24O/c1-15-6-11-21(20-8-7-16(2)23(24)14-20)22(12-15)19-10-9-17-4-3-5-18(17)13-19/h6-11,13-15,24H,3-5,12H2,1-2H3. The molecule has 2 aliphatic rings. The van der Waals surface area contributed by atoms with Crippen LogP contribution in [0.25, 0.3) is 11.1 Å². The predicted octanol–water partition coefficient (Wildman–Crippen LogP) is 5.70. The second kappa shape index (κ2) is 5.98. The van der Waals surface area contributed by atoms with Crippen molar-refractivity contribution in [2.24, 2.45) is 5.92 Å². The van der Waals surface area contributed by atoms with Crippen LogP contribution in [0.15, 0.2) is 48.6 Å². The molecule has 2 aliphatic carbocycles. The highest BCUT2D eigenvalue weighted by atomic mass is 16.3. The molecule has 1 heteroatoms. The summed E-state index contributed by atoms with van der Waals surface area (Å²) < 4.78 is 0. The van der Waals surface area contributed by atoms with Crippen LogP contribution in [0, 0.1) is 12.8 Å². The second-order valence-corrected chi connectivity index (χ2v) is 7.27. The molecule has 0 bridgehead atoms. The van der Waals surface area contributed by atoms with Gasteiger partial charge in [-0.25, -0.2) is 0 Å². The fourth-order valence-corrected chi connectivity index (χ4v) is 3.94. The van der Waals surface area contributed by atoms with Crippen LogP contribution in [0.5, 0.6) is 5.75 Å². The van der Waals surface area contributed by atoms with E-state index >= 15 is 0 Å². The highest BCUT2D eigenvalue weighted by molar-refractivity contribution is 5.97. The van der Waals surface area contributed by atoms with E-state index in [1.807, 2.05) is 19.1 Å². The molecule has 0 saturated carbocycles. The van der Waals surface area contributed by atoms with Crippen molar-refractivity contribution in [2.75, 3.05) is 0 Å². The summed E-state index contributed by atoms with van der Waals surface area (Å²) >= 11 is 0. The van der Waals surface area contributed by atoms with Gasteiger partial charge >= 0.3 is 0 Å². The molecule has 1 unspecified atom stereocenters. The molecule has 0 saturated heterocycles. The fraction of sp³-hybridized carbons (Fsp3) is 0.304. The summed E-state index contributed by atoms with van der Waals surface area (Å²) in [5.41, 5.74) is 9.08. The number of hydrogen-bond acceptors (Lipinski definition) is 1. The van der Waals surface area contributed by atoms with Gasteiger partial charge in [0.05, 0.1) is 0 Å². The first-order chi connectivity index (χ1) is 11.6. The maximum absolute atomic E-state index is 10.1. The first-order valence-corrected chi connectivity index (χ1v) is 8.95. The van der Waals surface area contributed by atoms with E-state index in [4.69, 9.17) is 0 Å². The molecule has 0 fully saturated rings. The van der Waals surface area contributed by atoms with Gasteiger partial charge in [0.1, 0.15) is 5.75 Å². The highest BCUT2D eigenvalue weighted by Gasteiger charge is 2.19. The van der Waals surface area contributed by atoms with Gasteiger partial charge < -0.3 is 5.11 Å². The Kier molecular flexibility index (Phi) is 3.80. The zero-order chi connectivity index (χ0) is 16.7. The summed E-state index contributed by atoms with van der Waals surface area (Å²) in [5.74, 6) is 0.927. The zero-order valence-electron chi connectivity index (χ0n) is 14.5. The lowest BCUT2D eigenvalue weighted by molar-refractivity contribution is 0.471. The van der Waals surface area contributed by atoms with E-state index in [9.17, 15) is 5.11 Å². The molecular formula is C23H24O. The van der Waals surface area contributed by atoms with Crippen LogP contribution in [-0.2, 0) is 12.8 Å². The van der Waals surface area contributed by atoms with Crippen LogP contribution < -0.4 is 0 Å². The molecule has 4 rings (SSSR count). The smallest absolute Gasteiger partial charge is 0.119 e. The Morgan fingerprint density at radius 3 is 2.58 bits per heavy atom. The van der Waals surface area contributed by atoms with Crippen molar-refractivity contribution in [1.29, 1.82) is 0 Å². The third-order valence-corrected chi connectivity index (χ3v) is 5.41. The van der Waals surface area contributed by atoms with E-state index in [2.05, 4.69) is 43.3 Å². The lowest BCUT2D eigenvalue weighted by Crippen LogP contribution is -2.02. The SMILES string of the molecule is Cc1ccc(C2=C(c3ccc4c(c3)CCC4)CC(C)C=C2)cc1O. The maximum Gasteiger partial charge on any atom is 0.119 e. The van der Waals surface area contributed by atoms with Crippen molar-refractivity contribution in [2.45, 2.75) is 39.5 Å². The molecule has 0 spiro atoms. The van der Waals surface area contributed by atoms with Gasteiger partial charge in [-0.05, 0) is 83.6 Å². The lowest BCUT2D eigenvalue weighted by atomic mass is 9.83. The molecule has 1 N–H and O–H groups in total. The molecule has 24 heavy (non-hydrogen) atoms. The number of rotatable bonds is 2. The van der Waals surface area contributed by atoms with E-state index in [0.717, 1.165) is 17.5 Å². The Morgan fingerprint density at radius 2 is 1.75 bits per heavy atom. The number of benzene rings is 2. The highest BCUT2D eigenvalue weighted by Crippen LogP contribution is 2.39. The number of aryl methyl sites for hydroxylation is 3. The number of phenolic OH excluding ortho intramolecular Hbond substituents is 1. The summed E-state index contributed by atoms with van der Waals surface area (Å²) in [6, 6.07) is 13.0. The Hall–Kier alpha value is -2.28. The van der Waals surface area contributed by atoms with Crippen LogP contribution in [0.4, 0.5) is 0 Å². The van der Waals surface area contributed by atoms with E-state index in [0.29, 0.717) is 11.7 Å². The van der Waals surface area contributed by atoms with E-state index in [1.165, 1.54) is 47.1 Å². The van der Waals surface area contributed by atoms with Gasteiger partial charge in [0, 0.05) is 0 Å². The largest absolute Gasteiger partial charge is 0.508 e. The van der Waals surface area contributed by atoms with Gasteiger partial charge in [-0.15, -0.1) is 0 Å². The molecule has 0 aliphatic heterocycles. The molecule has 1 nitrogen and oxygen atoms in total. The fourth-order valence-electron chi connectivity index (χ4n) is 3.94. The van der Waals surface area contributed by atoms with Crippen LogP contribution >= 0.6 is 0 Å². The summed E-state index contributed by atoms with van der Waals surface area (Å²) in [4.78, 5) is 0. The first kappa shape index (κ1) is 15.3. The van der Waals surface area contributed by atoms with Crippen LogP contribution in [0.2, 0.25) is 0 Å². The van der Waals surface area contributed by atoms with Gasteiger partial charge in [0.25, 0.3) is 0 Å². The Bertz CT molecular complexity index is 854. The van der Waals surface area contributed by atoms with Crippen LogP contribution in [0.1, 0.15) is 47.6 Å². The Morgan fingerprint density at radius 1 is 0.958 bits per heavy atom. The van der Waals surface area contributed by atoms with E-state index in [1.54, 1.807) is 0 Å². The van der Waals surface area contributed by atoms with Crippen molar-refractivity contribution in [3.8, 4) is 5.75 Å². The summed E-state index contributed by atoms with van der Waals surface area (Å²) in [5, 5.41) is 10.1. The topological polar surface area (TPSA) is 20.2 Å². The minimum Gasteiger partial charge on any atom is -0.508 e. The predicted molar refractivity (Wildman–Crippen MR) is 101 cm³/mol. The van der Waals surface area contributed by atoms with Gasteiger partial charge in [0.2, 0.25) is 0 Å². The number of phenols is 1. The summed E-state index contributed by atoms with van der Waals surface area (Å²) in [7, 11) is 0. The Labute approximate surface area is 144 Å². The molecule has 0 amide bonds. The zero-order valence-corrected chi connectivity index (χ0v) is 14.5. The summed E-state index contributed by atoms with van der Waals surface area (Å²) in [6.45, 7) is 4.21. The van der Waals surface area contributed by atoms with Crippen LogP contribution in [-0.4, -0.2) is 5.11 Å². The van der Waals surface area contributed by atoms with E-state index in [-0.39, 0.29) is 0 Å². The quantitative estimate of drug-likeness (QED) is 0.754. The normalized spacial score (nSPS) is 19.7. The van der Waals surface area contributed by atoms with Crippen LogP contribution in [0.3, 0.4) is 0 Å². The van der Waals surface area contributed by atoms with Crippen molar-refractivity contribution >= 4 is 11.1 Å². The number of aromatic hydroxyl groups is 1. The number of allylic oxidation sites excluding steroid dienone is 4. The van der Waals surface area contributed by atoms with Gasteiger partial charge in [0.15, 0.2) is 0 Å². The monoisotopic (exact) mass is 316 g/mol. The molecule has 122 valence electrons. The molecule has 0 heterocycles. The number of hydrogen-bond donors (Lipinski definition) is 1. The van der Waals surface area contributed by atoms with Crippen molar-refractivity contribution in [1.82, 2.24) is 0 Å². The van der Waals surface area contributed by atoms with Gasteiger partial charge in [-0.2, -0.15) is 0 Å². The third kappa shape index (κ3) is 2.69. The average Bonchev–Trinajstić information content (AvgIpc) is 3.05. The second-order valence-electron chi connectivity index (χ2n) is 7.27. The average molecular weight is 316 g/mol. The minimum atomic E-state index is 0.375. The molecule has 2 aromatic rings. The lowest BCUT2D eigenvalue weighted by Gasteiger charge is -2.22. The third-order valence-electron chi connectivity index (χ3n) is 5.41. The maximum atomic E-state index is 10.1. The van der Waals surface area contributed by atoms with E-state index < -0.39 is 0 Å². The van der Waals surface area contributed by atoms with Crippen molar-refractivity contribution in [3.63, 3.8) is 0 Å². The molecule has 1 atom stereocenters. The molecule has 2 aromatic carbocycles. The van der Waals surface area contributed by atoms with Gasteiger partial charge in [-0.3, -0.25) is 0 Å². The van der Waals surface area contributed by atoms with Gasteiger partial charge in [-0.1, -0.05) is 49.4 Å². The number of fused-ring (bicyclic) bond motifs is 1. The summed E-state index contributed by atoms with van der Waals surface area (Å²) in [6.07, 6.45) is 9.29. The first-order valence-electron chi connectivity index (χ1n) is 8.95.